The topological polar surface area (TPSA) is 83.0 Å². The van der Waals surface area contributed by atoms with E-state index in [1.54, 1.807) is 14.0 Å². The van der Waals surface area contributed by atoms with Gasteiger partial charge < -0.3 is 20.5 Å². The summed E-state index contributed by atoms with van der Waals surface area (Å²) in [5, 5.41) is 15.9. The van der Waals surface area contributed by atoms with Crippen molar-refractivity contribution in [3.05, 3.63) is 35.9 Å². The van der Waals surface area contributed by atoms with Gasteiger partial charge in [0.2, 0.25) is 0 Å². The Kier molecular flexibility index (Phi) is 9.47. The van der Waals surface area contributed by atoms with E-state index in [1.807, 2.05) is 30.3 Å². The van der Waals surface area contributed by atoms with E-state index >= 15 is 0 Å². The highest BCUT2D eigenvalue weighted by molar-refractivity contribution is 5.79. The summed E-state index contributed by atoms with van der Waals surface area (Å²) in [6.07, 6.45) is 1.07. The summed E-state index contributed by atoms with van der Waals surface area (Å²) in [4.78, 5) is 15.4. The monoisotopic (exact) mass is 321 g/mol. The molecule has 1 atom stereocenters. The molecular formula is C17H27N3O3. The first-order chi connectivity index (χ1) is 11.2. The maximum absolute atomic E-state index is 11.2. The van der Waals surface area contributed by atoms with E-state index in [9.17, 15) is 9.90 Å². The number of benzene rings is 1. The smallest absolute Gasteiger partial charge is 0.305 e. The second-order valence-electron chi connectivity index (χ2n) is 5.08. The molecule has 6 heteroatoms. The van der Waals surface area contributed by atoms with Crippen molar-refractivity contribution in [3.63, 3.8) is 0 Å². The molecule has 0 aliphatic rings. The molecule has 0 aliphatic heterocycles. The zero-order chi connectivity index (χ0) is 16.9. The van der Waals surface area contributed by atoms with Crippen LogP contribution in [0.5, 0.6) is 0 Å². The van der Waals surface area contributed by atoms with E-state index in [-0.39, 0.29) is 18.5 Å². The highest BCUT2D eigenvalue weighted by Gasteiger charge is 2.10. The van der Waals surface area contributed by atoms with Crippen LogP contribution in [0.2, 0.25) is 0 Å². The zero-order valence-corrected chi connectivity index (χ0v) is 13.9. The van der Waals surface area contributed by atoms with Crippen LogP contribution < -0.4 is 10.6 Å². The Morgan fingerprint density at radius 1 is 1.30 bits per heavy atom. The third kappa shape index (κ3) is 7.65. The highest BCUT2D eigenvalue weighted by atomic mass is 16.5. The van der Waals surface area contributed by atoms with E-state index in [4.69, 9.17) is 4.74 Å². The number of carbonyl (C=O) groups is 1. The maximum Gasteiger partial charge on any atom is 0.305 e. The number of nitrogens with zero attached hydrogens (tertiary/aromatic N) is 1. The molecule has 1 unspecified atom stereocenters. The molecule has 1 aromatic carbocycles. The Labute approximate surface area is 138 Å². The number of aliphatic hydroxyl groups excluding tert-OH is 1. The number of rotatable bonds is 9. The Hall–Kier alpha value is -2.08. The molecular weight excluding hydrogens is 294 g/mol. The summed E-state index contributed by atoms with van der Waals surface area (Å²) < 4.78 is 4.88. The molecule has 0 fully saturated rings. The van der Waals surface area contributed by atoms with Crippen LogP contribution in [0.4, 0.5) is 0 Å². The molecule has 1 aromatic rings. The minimum Gasteiger partial charge on any atom is -0.466 e. The third-order valence-corrected chi connectivity index (χ3v) is 3.39. The number of carbonyl (C=O) groups excluding carboxylic acids is 1. The number of hydrogen-bond donors (Lipinski definition) is 3. The largest absolute Gasteiger partial charge is 0.466 e. The van der Waals surface area contributed by atoms with Crippen molar-refractivity contribution in [2.24, 2.45) is 4.99 Å². The van der Waals surface area contributed by atoms with E-state index in [0.717, 1.165) is 5.56 Å². The number of guanidine groups is 1. The van der Waals surface area contributed by atoms with Crippen LogP contribution in [-0.4, -0.2) is 50.4 Å². The van der Waals surface area contributed by atoms with E-state index in [0.29, 0.717) is 38.5 Å². The van der Waals surface area contributed by atoms with Gasteiger partial charge in [-0.3, -0.25) is 9.79 Å². The Balaban J connectivity index is 2.32. The van der Waals surface area contributed by atoms with Crippen LogP contribution in [-0.2, 0) is 9.53 Å². The van der Waals surface area contributed by atoms with Crippen LogP contribution in [0.25, 0.3) is 0 Å². The predicted molar refractivity (Wildman–Crippen MR) is 91.5 cm³/mol. The number of esters is 1. The fourth-order valence-corrected chi connectivity index (χ4v) is 2.13. The molecule has 0 heterocycles. The summed E-state index contributed by atoms with van der Waals surface area (Å²) in [6, 6.07) is 9.87. The second kappa shape index (κ2) is 11.5. The van der Waals surface area contributed by atoms with Crippen molar-refractivity contribution in [2.75, 3.05) is 33.4 Å². The minimum atomic E-state index is -0.179. The Bertz CT molecular complexity index is 477. The van der Waals surface area contributed by atoms with Crippen molar-refractivity contribution >= 4 is 11.9 Å². The van der Waals surface area contributed by atoms with Crippen molar-refractivity contribution in [2.45, 2.75) is 25.7 Å². The summed E-state index contributed by atoms with van der Waals surface area (Å²) in [5.74, 6) is 0.485. The van der Waals surface area contributed by atoms with Gasteiger partial charge in [-0.1, -0.05) is 30.3 Å². The van der Waals surface area contributed by atoms with Gasteiger partial charge in [-0.2, -0.15) is 0 Å². The number of ether oxygens (including phenoxy) is 1. The average Bonchev–Trinajstić information content (AvgIpc) is 2.58. The van der Waals surface area contributed by atoms with Gasteiger partial charge in [0.1, 0.15) is 0 Å². The van der Waals surface area contributed by atoms with E-state index in [2.05, 4.69) is 15.6 Å². The van der Waals surface area contributed by atoms with Gasteiger partial charge in [0.15, 0.2) is 5.96 Å². The molecule has 0 radical (unpaired) electrons. The van der Waals surface area contributed by atoms with Gasteiger partial charge in [0, 0.05) is 32.5 Å². The predicted octanol–water partition coefficient (Wildman–Crippen LogP) is 1.27. The van der Waals surface area contributed by atoms with Gasteiger partial charge in [-0.05, 0) is 18.9 Å². The summed E-state index contributed by atoms with van der Waals surface area (Å²) in [6.45, 7) is 3.49. The van der Waals surface area contributed by atoms with Gasteiger partial charge >= 0.3 is 5.97 Å². The first-order valence-corrected chi connectivity index (χ1v) is 7.97. The van der Waals surface area contributed by atoms with Gasteiger partial charge in [0.05, 0.1) is 13.2 Å². The molecule has 0 aliphatic carbocycles. The molecule has 0 bridgehead atoms. The maximum atomic E-state index is 11.2. The average molecular weight is 321 g/mol. The Morgan fingerprint density at radius 3 is 2.65 bits per heavy atom. The molecule has 3 N–H and O–H groups in total. The fraction of sp³-hybridized carbons (Fsp3) is 0.529. The zero-order valence-electron chi connectivity index (χ0n) is 13.9. The number of nitrogens with one attached hydrogen (secondary N) is 2. The lowest BCUT2D eigenvalue weighted by Gasteiger charge is -2.18. The second-order valence-corrected chi connectivity index (χ2v) is 5.08. The van der Waals surface area contributed by atoms with Crippen LogP contribution >= 0.6 is 0 Å². The van der Waals surface area contributed by atoms with Gasteiger partial charge in [-0.25, -0.2) is 0 Å². The number of aliphatic imine (C=N–C) groups is 1. The standard InChI is InChI=1S/C17H27N3O3/c1-3-23-16(22)10-7-11-19-17(18-2)20-12-15(13-21)14-8-5-4-6-9-14/h4-6,8-9,15,21H,3,7,10-13H2,1-2H3,(H2,18,19,20). The molecule has 0 saturated carbocycles. The lowest BCUT2D eigenvalue weighted by Crippen LogP contribution is -2.40. The van der Waals surface area contributed by atoms with Gasteiger partial charge in [-0.15, -0.1) is 0 Å². The molecule has 0 spiro atoms. The lowest BCUT2D eigenvalue weighted by molar-refractivity contribution is -0.143. The van der Waals surface area contributed by atoms with Crippen LogP contribution in [0.3, 0.4) is 0 Å². The third-order valence-electron chi connectivity index (χ3n) is 3.39. The number of hydrogen-bond acceptors (Lipinski definition) is 4. The molecule has 128 valence electrons. The summed E-state index contributed by atoms with van der Waals surface area (Å²) >= 11 is 0. The lowest BCUT2D eigenvalue weighted by atomic mass is 10.0. The van der Waals surface area contributed by atoms with E-state index < -0.39 is 0 Å². The van der Waals surface area contributed by atoms with Crippen molar-refractivity contribution in [1.82, 2.24) is 10.6 Å². The SMILES string of the molecule is CCOC(=O)CCCNC(=NC)NCC(CO)c1ccccc1. The molecule has 0 aromatic heterocycles. The highest BCUT2D eigenvalue weighted by Crippen LogP contribution is 2.13. The Morgan fingerprint density at radius 2 is 2.04 bits per heavy atom. The molecule has 0 amide bonds. The van der Waals surface area contributed by atoms with Crippen molar-refractivity contribution < 1.29 is 14.6 Å². The molecule has 23 heavy (non-hydrogen) atoms. The fourth-order valence-electron chi connectivity index (χ4n) is 2.13. The normalized spacial score (nSPS) is 12.6. The molecule has 6 nitrogen and oxygen atoms in total. The van der Waals surface area contributed by atoms with Crippen LogP contribution in [0, 0.1) is 0 Å². The molecule has 1 rings (SSSR count). The summed E-state index contributed by atoms with van der Waals surface area (Å²) in [7, 11) is 1.69. The van der Waals surface area contributed by atoms with Gasteiger partial charge in [0.25, 0.3) is 0 Å². The van der Waals surface area contributed by atoms with Crippen LogP contribution in [0.1, 0.15) is 31.2 Å². The number of aliphatic hydroxyl groups is 1. The first kappa shape index (κ1) is 19.0. The van der Waals surface area contributed by atoms with Crippen molar-refractivity contribution in [3.8, 4) is 0 Å². The minimum absolute atomic E-state index is 0.00859. The first-order valence-electron chi connectivity index (χ1n) is 7.97. The quantitative estimate of drug-likeness (QED) is 0.276. The molecule has 0 saturated heterocycles. The van der Waals surface area contributed by atoms with E-state index in [1.165, 1.54) is 0 Å². The van der Waals surface area contributed by atoms with Crippen LogP contribution in [0.15, 0.2) is 35.3 Å². The summed E-state index contributed by atoms with van der Waals surface area (Å²) in [5.41, 5.74) is 1.08. The van der Waals surface area contributed by atoms with Crippen molar-refractivity contribution in [1.29, 1.82) is 0 Å².